The fraction of sp³-hybridized carbons (Fsp3) is 0.467. The number of carbonyl (C=O) groups excluding carboxylic acids is 1. The SMILES string of the molecule is CC(O)CCCNC(=O)C1CSC(c2ccccc2)=N1. The summed E-state index contributed by atoms with van der Waals surface area (Å²) in [5, 5.41) is 13.0. The Morgan fingerprint density at radius 1 is 1.50 bits per heavy atom. The first-order valence-corrected chi connectivity index (χ1v) is 7.87. The van der Waals surface area contributed by atoms with Gasteiger partial charge in [-0.3, -0.25) is 9.79 Å². The largest absolute Gasteiger partial charge is 0.393 e. The fourth-order valence-electron chi connectivity index (χ4n) is 1.97. The highest BCUT2D eigenvalue weighted by atomic mass is 32.2. The van der Waals surface area contributed by atoms with Gasteiger partial charge in [-0.15, -0.1) is 11.8 Å². The molecule has 2 rings (SSSR count). The summed E-state index contributed by atoms with van der Waals surface area (Å²) >= 11 is 1.63. The molecular weight excluding hydrogens is 272 g/mol. The molecule has 2 atom stereocenters. The predicted molar refractivity (Wildman–Crippen MR) is 83.1 cm³/mol. The van der Waals surface area contributed by atoms with Gasteiger partial charge in [0.15, 0.2) is 0 Å². The van der Waals surface area contributed by atoms with E-state index < -0.39 is 0 Å². The van der Waals surface area contributed by atoms with Crippen LogP contribution in [0.15, 0.2) is 35.3 Å². The molecule has 1 aliphatic rings. The number of nitrogens with one attached hydrogen (secondary N) is 1. The second-order valence-corrected chi connectivity index (χ2v) is 5.92. The Morgan fingerprint density at radius 2 is 2.25 bits per heavy atom. The van der Waals surface area contributed by atoms with Crippen LogP contribution < -0.4 is 5.32 Å². The van der Waals surface area contributed by atoms with Crippen molar-refractivity contribution in [2.45, 2.75) is 31.9 Å². The number of hydrogen-bond acceptors (Lipinski definition) is 4. The van der Waals surface area contributed by atoms with Crippen molar-refractivity contribution in [2.24, 2.45) is 4.99 Å². The highest BCUT2D eigenvalue weighted by molar-refractivity contribution is 8.14. The van der Waals surface area contributed by atoms with Crippen LogP contribution >= 0.6 is 11.8 Å². The molecule has 2 unspecified atom stereocenters. The number of thioether (sulfide) groups is 1. The van der Waals surface area contributed by atoms with E-state index in [2.05, 4.69) is 10.3 Å². The first kappa shape index (κ1) is 15.1. The van der Waals surface area contributed by atoms with Crippen molar-refractivity contribution in [2.75, 3.05) is 12.3 Å². The van der Waals surface area contributed by atoms with Crippen LogP contribution in [0.25, 0.3) is 0 Å². The first-order chi connectivity index (χ1) is 9.66. The van der Waals surface area contributed by atoms with Gasteiger partial charge in [0.1, 0.15) is 6.04 Å². The lowest BCUT2D eigenvalue weighted by atomic mass is 10.2. The van der Waals surface area contributed by atoms with Gasteiger partial charge in [-0.25, -0.2) is 0 Å². The van der Waals surface area contributed by atoms with Crippen LogP contribution in [-0.2, 0) is 4.79 Å². The quantitative estimate of drug-likeness (QED) is 0.786. The van der Waals surface area contributed by atoms with E-state index in [4.69, 9.17) is 5.11 Å². The number of carbonyl (C=O) groups is 1. The standard InChI is InChI=1S/C15H20N2O2S/c1-11(18)6-5-9-16-14(19)13-10-20-15(17-13)12-7-3-2-4-8-12/h2-4,7-8,11,13,18H,5-6,9-10H2,1H3,(H,16,19). The number of aliphatic hydroxyl groups excluding tert-OH is 1. The summed E-state index contributed by atoms with van der Waals surface area (Å²) in [6, 6.07) is 9.64. The minimum Gasteiger partial charge on any atom is -0.393 e. The van der Waals surface area contributed by atoms with Crippen molar-refractivity contribution in [3.63, 3.8) is 0 Å². The van der Waals surface area contributed by atoms with E-state index in [9.17, 15) is 4.79 Å². The molecule has 0 aromatic heterocycles. The third-order valence-corrected chi connectivity index (χ3v) is 4.17. The Kier molecular flexibility index (Phi) is 5.61. The summed E-state index contributed by atoms with van der Waals surface area (Å²) in [5.41, 5.74) is 1.07. The molecule has 0 spiro atoms. The van der Waals surface area contributed by atoms with Crippen molar-refractivity contribution < 1.29 is 9.90 Å². The molecule has 1 amide bonds. The van der Waals surface area contributed by atoms with E-state index >= 15 is 0 Å². The van der Waals surface area contributed by atoms with Crippen molar-refractivity contribution in [3.05, 3.63) is 35.9 Å². The lowest BCUT2D eigenvalue weighted by molar-refractivity contribution is -0.121. The molecular formula is C15H20N2O2S. The molecule has 0 bridgehead atoms. The van der Waals surface area contributed by atoms with Crippen LogP contribution in [0.3, 0.4) is 0 Å². The molecule has 1 aromatic carbocycles. The van der Waals surface area contributed by atoms with Gasteiger partial charge in [0.05, 0.1) is 11.1 Å². The lowest BCUT2D eigenvalue weighted by Crippen LogP contribution is -2.34. The minimum absolute atomic E-state index is 0.0194. The normalized spacial score (nSPS) is 19.5. The van der Waals surface area contributed by atoms with E-state index in [-0.39, 0.29) is 18.1 Å². The molecule has 0 saturated carbocycles. The molecule has 4 nitrogen and oxygen atoms in total. The Morgan fingerprint density at radius 3 is 2.95 bits per heavy atom. The maximum Gasteiger partial charge on any atom is 0.245 e. The molecule has 1 aromatic rings. The third kappa shape index (κ3) is 4.35. The average molecular weight is 292 g/mol. The van der Waals surface area contributed by atoms with Crippen LogP contribution in [0.5, 0.6) is 0 Å². The maximum atomic E-state index is 12.0. The van der Waals surface area contributed by atoms with Gasteiger partial charge in [-0.1, -0.05) is 30.3 Å². The zero-order valence-corrected chi connectivity index (χ0v) is 12.4. The lowest BCUT2D eigenvalue weighted by Gasteiger charge is -2.08. The van der Waals surface area contributed by atoms with Crippen LogP contribution in [-0.4, -0.2) is 40.5 Å². The molecule has 1 heterocycles. The zero-order chi connectivity index (χ0) is 14.4. The summed E-state index contributed by atoms with van der Waals surface area (Å²) in [5.74, 6) is 0.681. The Balaban J connectivity index is 1.82. The van der Waals surface area contributed by atoms with Gasteiger partial charge in [0.25, 0.3) is 0 Å². The third-order valence-electron chi connectivity index (χ3n) is 3.07. The molecule has 108 valence electrons. The molecule has 2 N–H and O–H groups in total. The number of hydrogen-bond donors (Lipinski definition) is 2. The molecule has 5 heteroatoms. The second kappa shape index (κ2) is 7.45. The monoisotopic (exact) mass is 292 g/mol. The molecule has 0 radical (unpaired) electrons. The Labute approximate surface area is 123 Å². The van der Waals surface area contributed by atoms with Crippen molar-refractivity contribution in [3.8, 4) is 0 Å². The number of amides is 1. The van der Waals surface area contributed by atoms with E-state index in [1.807, 2.05) is 30.3 Å². The van der Waals surface area contributed by atoms with Crippen LogP contribution in [0.4, 0.5) is 0 Å². The summed E-state index contributed by atoms with van der Waals surface area (Å²) < 4.78 is 0. The summed E-state index contributed by atoms with van der Waals surface area (Å²) in [6.07, 6.45) is 1.19. The van der Waals surface area contributed by atoms with Gasteiger partial charge in [-0.05, 0) is 19.8 Å². The second-order valence-electron chi connectivity index (χ2n) is 4.91. The van der Waals surface area contributed by atoms with Crippen LogP contribution in [0, 0.1) is 0 Å². The van der Waals surface area contributed by atoms with E-state index in [0.29, 0.717) is 18.7 Å². The van der Waals surface area contributed by atoms with Gasteiger partial charge in [0.2, 0.25) is 5.91 Å². The van der Waals surface area contributed by atoms with Gasteiger partial charge in [0, 0.05) is 17.9 Å². The van der Waals surface area contributed by atoms with E-state index in [0.717, 1.165) is 17.0 Å². The fourth-order valence-corrected chi connectivity index (χ4v) is 3.02. The Hall–Kier alpha value is -1.33. The molecule has 1 aliphatic heterocycles. The number of rotatable bonds is 6. The molecule has 0 aliphatic carbocycles. The van der Waals surface area contributed by atoms with Crippen molar-refractivity contribution in [1.82, 2.24) is 5.32 Å². The smallest absolute Gasteiger partial charge is 0.245 e. The van der Waals surface area contributed by atoms with Gasteiger partial charge >= 0.3 is 0 Å². The predicted octanol–water partition coefficient (Wildman–Crippen LogP) is 1.83. The van der Waals surface area contributed by atoms with Crippen molar-refractivity contribution >= 4 is 22.7 Å². The first-order valence-electron chi connectivity index (χ1n) is 6.88. The highest BCUT2D eigenvalue weighted by Crippen LogP contribution is 2.23. The minimum atomic E-state index is -0.309. The molecule has 0 fully saturated rings. The molecule has 20 heavy (non-hydrogen) atoms. The average Bonchev–Trinajstić information content (AvgIpc) is 2.94. The van der Waals surface area contributed by atoms with E-state index in [1.54, 1.807) is 18.7 Å². The van der Waals surface area contributed by atoms with Crippen LogP contribution in [0.1, 0.15) is 25.3 Å². The number of aliphatic hydroxyl groups is 1. The van der Waals surface area contributed by atoms with Crippen molar-refractivity contribution in [1.29, 1.82) is 0 Å². The summed E-state index contributed by atoms with van der Waals surface area (Å²) in [6.45, 7) is 2.35. The van der Waals surface area contributed by atoms with Crippen LogP contribution in [0.2, 0.25) is 0 Å². The Bertz CT molecular complexity index is 474. The zero-order valence-electron chi connectivity index (χ0n) is 11.6. The van der Waals surface area contributed by atoms with E-state index in [1.165, 1.54) is 0 Å². The number of benzene rings is 1. The summed E-state index contributed by atoms with van der Waals surface area (Å²) in [4.78, 5) is 16.5. The van der Waals surface area contributed by atoms with Gasteiger partial charge < -0.3 is 10.4 Å². The highest BCUT2D eigenvalue weighted by Gasteiger charge is 2.25. The maximum absolute atomic E-state index is 12.0. The number of nitrogens with zero attached hydrogens (tertiary/aromatic N) is 1. The summed E-state index contributed by atoms with van der Waals surface area (Å²) in [7, 11) is 0. The number of aliphatic imine (C=N–C) groups is 1. The van der Waals surface area contributed by atoms with Gasteiger partial charge in [-0.2, -0.15) is 0 Å². The topological polar surface area (TPSA) is 61.7 Å². The molecule has 0 saturated heterocycles.